The molecule has 1 aliphatic heterocycles. The van der Waals surface area contributed by atoms with E-state index in [0.29, 0.717) is 55.9 Å². The van der Waals surface area contributed by atoms with Crippen molar-refractivity contribution in [1.29, 1.82) is 0 Å². The molecule has 0 atom stereocenters. The minimum atomic E-state index is 0.0222. The van der Waals surface area contributed by atoms with E-state index in [4.69, 9.17) is 9.15 Å². The van der Waals surface area contributed by atoms with Crippen LogP contribution in [0.5, 0.6) is 5.88 Å². The summed E-state index contributed by atoms with van der Waals surface area (Å²) in [5, 5.41) is 0. The Hall–Kier alpha value is -3.42. The Morgan fingerprint density at radius 2 is 1.90 bits per heavy atom. The molecule has 3 heterocycles. The largest absolute Gasteiger partial charge is 0.478 e. The summed E-state index contributed by atoms with van der Waals surface area (Å²) in [4.78, 5) is 29.7. The molecule has 0 unspecified atom stereocenters. The van der Waals surface area contributed by atoms with Crippen molar-refractivity contribution in [2.45, 2.75) is 13.8 Å². The highest BCUT2D eigenvalue weighted by Crippen LogP contribution is 2.21. The number of aryl methyl sites for hydroxylation is 1. The Kier molecular flexibility index (Phi) is 5.41. The van der Waals surface area contributed by atoms with Crippen LogP contribution in [-0.4, -0.2) is 58.5 Å². The molecule has 150 valence electrons. The molecule has 1 amide bonds. The summed E-state index contributed by atoms with van der Waals surface area (Å²) >= 11 is 0. The van der Waals surface area contributed by atoms with Gasteiger partial charge in [0.05, 0.1) is 12.8 Å². The maximum Gasteiger partial charge on any atom is 0.253 e. The third kappa shape index (κ3) is 4.21. The predicted molar refractivity (Wildman–Crippen MR) is 108 cm³/mol. The van der Waals surface area contributed by atoms with Crippen LogP contribution in [0.25, 0.3) is 11.3 Å². The van der Waals surface area contributed by atoms with Crippen LogP contribution in [0.3, 0.4) is 0 Å². The van der Waals surface area contributed by atoms with Gasteiger partial charge in [-0.3, -0.25) is 4.79 Å². The summed E-state index contributed by atoms with van der Waals surface area (Å²) in [5.74, 6) is 1.94. The summed E-state index contributed by atoms with van der Waals surface area (Å²) in [6.07, 6.45) is 3.05. The lowest BCUT2D eigenvalue weighted by atomic mass is 10.1. The van der Waals surface area contributed by atoms with E-state index >= 15 is 0 Å². The minimum absolute atomic E-state index is 0.0222. The number of rotatable bonds is 5. The number of oxazole rings is 1. The van der Waals surface area contributed by atoms with Crippen LogP contribution in [0.15, 0.2) is 47.3 Å². The molecule has 8 heteroatoms. The van der Waals surface area contributed by atoms with Crippen LogP contribution in [0.4, 0.5) is 5.95 Å². The molecule has 8 nitrogen and oxygen atoms in total. The number of nitrogens with zero attached hydrogens (tertiary/aromatic N) is 5. The van der Waals surface area contributed by atoms with Crippen LogP contribution in [0, 0.1) is 6.92 Å². The number of hydrogen-bond acceptors (Lipinski definition) is 7. The number of benzene rings is 1. The Morgan fingerprint density at radius 1 is 1.14 bits per heavy atom. The molecule has 0 radical (unpaired) electrons. The molecule has 1 fully saturated rings. The van der Waals surface area contributed by atoms with Gasteiger partial charge in [-0.05, 0) is 26.0 Å². The molecule has 0 spiro atoms. The van der Waals surface area contributed by atoms with E-state index in [1.807, 2.05) is 49.1 Å². The first-order valence-corrected chi connectivity index (χ1v) is 9.65. The zero-order chi connectivity index (χ0) is 20.2. The van der Waals surface area contributed by atoms with E-state index < -0.39 is 0 Å². The molecular formula is C21H23N5O3. The molecule has 29 heavy (non-hydrogen) atoms. The first kappa shape index (κ1) is 18.9. The quantitative estimate of drug-likeness (QED) is 0.659. The van der Waals surface area contributed by atoms with Crippen LogP contribution >= 0.6 is 0 Å². The molecule has 4 rings (SSSR count). The first-order valence-electron chi connectivity index (χ1n) is 9.65. The maximum absolute atomic E-state index is 12.9. The fourth-order valence-corrected chi connectivity index (χ4v) is 3.32. The second kappa shape index (κ2) is 8.30. The number of piperazine rings is 1. The molecule has 1 aliphatic rings. The van der Waals surface area contributed by atoms with E-state index in [0.717, 1.165) is 11.3 Å². The molecule has 1 saturated heterocycles. The summed E-state index contributed by atoms with van der Waals surface area (Å²) in [5.41, 5.74) is 2.42. The molecule has 0 N–H and O–H groups in total. The number of carbonyl (C=O) groups excluding carboxylic acids is 1. The average molecular weight is 393 g/mol. The molecule has 3 aromatic rings. The Balaban J connectivity index is 1.40. The molecule has 0 bridgehead atoms. The van der Waals surface area contributed by atoms with Gasteiger partial charge in [-0.2, -0.15) is 4.98 Å². The number of ether oxygens (including phenoxy) is 1. The lowest BCUT2D eigenvalue weighted by molar-refractivity contribution is 0.0746. The zero-order valence-corrected chi connectivity index (χ0v) is 16.5. The van der Waals surface area contributed by atoms with Crippen LogP contribution < -0.4 is 9.64 Å². The molecule has 2 aromatic heterocycles. The van der Waals surface area contributed by atoms with Gasteiger partial charge in [-0.25, -0.2) is 9.97 Å². The predicted octanol–water partition coefficient (Wildman–Crippen LogP) is 2.80. The molecule has 1 aromatic carbocycles. The Bertz CT molecular complexity index is 964. The lowest BCUT2D eigenvalue weighted by Gasteiger charge is -2.35. The van der Waals surface area contributed by atoms with Crippen molar-refractivity contribution >= 4 is 11.9 Å². The topological polar surface area (TPSA) is 84.6 Å². The number of amides is 1. The van der Waals surface area contributed by atoms with Crippen molar-refractivity contribution in [3.05, 3.63) is 54.2 Å². The molecule has 0 saturated carbocycles. The number of anilines is 1. The summed E-state index contributed by atoms with van der Waals surface area (Å²) in [6, 6.07) is 9.23. The monoisotopic (exact) mass is 393 g/mol. The zero-order valence-electron chi connectivity index (χ0n) is 16.5. The van der Waals surface area contributed by atoms with Gasteiger partial charge in [-0.15, -0.1) is 0 Å². The fraction of sp³-hybridized carbons (Fsp3) is 0.333. The Morgan fingerprint density at radius 3 is 2.55 bits per heavy atom. The van der Waals surface area contributed by atoms with Crippen molar-refractivity contribution in [1.82, 2.24) is 19.9 Å². The first-order chi connectivity index (χ1) is 14.1. The highest BCUT2D eigenvalue weighted by atomic mass is 16.5. The third-order valence-corrected chi connectivity index (χ3v) is 4.81. The van der Waals surface area contributed by atoms with E-state index in [1.54, 1.807) is 6.20 Å². The number of carbonyl (C=O) groups is 1. The van der Waals surface area contributed by atoms with Gasteiger partial charge < -0.3 is 19.0 Å². The molecular weight excluding hydrogens is 370 g/mol. The van der Waals surface area contributed by atoms with E-state index in [1.165, 1.54) is 6.39 Å². The van der Waals surface area contributed by atoms with Gasteiger partial charge in [0.1, 0.15) is 0 Å². The van der Waals surface area contributed by atoms with E-state index in [2.05, 4.69) is 19.9 Å². The highest BCUT2D eigenvalue weighted by molar-refractivity contribution is 5.94. The van der Waals surface area contributed by atoms with Gasteiger partial charge in [0.15, 0.2) is 12.2 Å². The van der Waals surface area contributed by atoms with Crippen LogP contribution in [-0.2, 0) is 0 Å². The van der Waals surface area contributed by atoms with Gasteiger partial charge in [0, 0.05) is 49.1 Å². The number of hydrogen-bond donors (Lipinski definition) is 0. The van der Waals surface area contributed by atoms with Crippen molar-refractivity contribution in [2.75, 3.05) is 37.7 Å². The van der Waals surface area contributed by atoms with Crippen molar-refractivity contribution < 1.29 is 13.9 Å². The van der Waals surface area contributed by atoms with Gasteiger partial charge >= 0.3 is 0 Å². The lowest BCUT2D eigenvalue weighted by Crippen LogP contribution is -2.49. The fourth-order valence-electron chi connectivity index (χ4n) is 3.32. The minimum Gasteiger partial charge on any atom is -0.478 e. The summed E-state index contributed by atoms with van der Waals surface area (Å²) in [7, 11) is 0. The standard InChI is InChI=1S/C21H23N5O3/c1-3-28-19-12-15(2)23-21(24-19)26-10-8-25(9-11-26)20(27)17-6-4-16(5-7-17)18-13-22-14-29-18/h4-7,12-14H,3,8-11H2,1-2H3. The molecule has 0 aliphatic carbocycles. The van der Waals surface area contributed by atoms with Crippen molar-refractivity contribution in [2.24, 2.45) is 0 Å². The third-order valence-electron chi connectivity index (χ3n) is 4.81. The summed E-state index contributed by atoms with van der Waals surface area (Å²) < 4.78 is 10.8. The van der Waals surface area contributed by atoms with Crippen molar-refractivity contribution in [3.63, 3.8) is 0 Å². The van der Waals surface area contributed by atoms with Gasteiger partial charge in [0.2, 0.25) is 11.8 Å². The second-order valence-electron chi connectivity index (χ2n) is 6.80. The van der Waals surface area contributed by atoms with Gasteiger partial charge in [-0.1, -0.05) is 12.1 Å². The highest BCUT2D eigenvalue weighted by Gasteiger charge is 2.24. The van der Waals surface area contributed by atoms with E-state index in [9.17, 15) is 4.79 Å². The van der Waals surface area contributed by atoms with Crippen LogP contribution in [0.2, 0.25) is 0 Å². The second-order valence-corrected chi connectivity index (χ2v) is 6.80. The average Bonchev–Trinajstić information content (AvgIpc) is 3.28. The van der Waals surface area contributed by atoms with Crippen molar-refractivity contribution in [3.8, 4) is 17.2 Å². The summed E-state index contributed by atoms with van der Waals surface area (Å²) in [6.45, 7) is 7.00. The normalized spacial score (nSPS) is 14.1. The Labute approximate surface area is 169 Å². The van der Waals surface area contributed by atoms with Crippen LogP contribution in [0.1, 0.15) is 23.0 Å². The SMILES string of the molecule is CCOc1cc(C)nc(N2CCN(C(=O)c3ccc(-c4cnco4)cc3)CC2)n1. The maximum atomic E-state index is 12.9. The van der Waals surface area contributed by atoms with Gasteiger partial charge in [0.25, 0.3) is 5.91 Å². The number of aromatic nitrogens is 3. The van der Waals surface area contributed by atoms with E-state index in [-0.39, 0.29) is 5.91 Å². The smallest absolute Gasteiger partial charge is 0.253 e.